The minimum absolute atomic E-state index is 0.0180. The number of nitrogens with zero attached hydrogens (tertiary/aromatic N) is 2. The maximum absolute atomic E-state index is 12.5. The molecule has 0 saturated heterocycles. The molecule has 3 aliphatic rings. The van der Waals surface area contributed by atoms with E-state index in [2.05, 4.69) is 37.2 Å². The van der Waals surface area contributed by atoms with Crippen LogP contribution in [0.1, 0.15) is 37.8 Å². The number of allylic oxidation sites excluding steroid dienone is 2. The molecule has 1 aromatic rings. The first-order valence-corrected chi connectivity index (χ1v) is 8.81. The van der Waals surface area contributed by atoms with Crippen LogP contribution in [-0.4, -0.2) is 36.4 Å². The number of methoxy groups -OCH3 is 1. The Hall–Kier alpha value is -2.30. The summed E-state index contributed by atoms with van der Waals surface area (Å²) in [4.78, 5) is 12.5. The van der Waals surface area contributed by atoms with Crippen molar-refractivity contribution in [1.29, 1.82) is 0 Å². The first-order valence-electron chi connectivity index (χ1n) is 8.81. The Kier molecular flexibility index (Phi) is 3.63. The molecule has 0 saturated carbocycles. The summed E-state index contributed by atoms with van der Waals surface area (Å²) in [5, 5.41) is 6.18. The molecular formula is C20H24N2O3. The van der Waals surface area contributed by atoms with Crippen molar-refractivity contribution in [1.82, 2.24) is 5.01 Å². The highest BCUT2D eigenvalue weighted by molar-refractivity contribution is 6.08. The van der Waals surface area contributed by atoms with Gasteiger partial charge in [0.15, 0.2) is 11.5 Å². The van der Waals surface area contributed by atoms with E-state index >= 15 is 0 Å². The third kappa shape index (κ3) is 2.53. The number of benzene rings is 1. The predicted molar refractivity (Wildman–Crippen MR) is 96.1 cm³/mol. The second-order valence-corrected chi connectivity index (χ2v) is 7.66. The number of carbonyl (C=O) groups excluding carboxylic acids is 1. The molecule has 2 unspecified atom stereocenters. The Morgan fingerprint density at radius 2 is 1.96 bits per heavy atom. The number of rotatable bonds is 2. The number of hydrogen-bond donors (Lipinski definition) is 0. The third-order valence-corrected chi connectivity index (χ3v) is 5.38. The molecule has 5 heteroatoms. The standard InChI is InChI=1S/C20H24N2O3/c1-20(2)11-15-13(9-10-16(24-4)18(15)25-20)17-12-7-5-6-8-14(12)19(23)22(3)21-17/h5-6,9-10,12,14H,7-8,11H2,1-4H3. The van der Waals surface area contributed by atoms with Gasteiger partial charge in [0.25, 0.3) is 0 Å². The Labute approximate surface area is 148 Å². The van der Waals surface area contributed by atoms with Gasteiger partial charge in [0.2, 0.25) is 5.91 Å². The van der Waals surface area contributed by atoms with Crippen LogP contribution in [0.4, 0.5) is 0 Å². The predicted octanol–water partition coefficient (Wildman–Crippen LogP) is 3.17. The summed E-state index contributed by atoms with van der Waals surface area (Å²) in [7, 11) is 3.41. The Morgan fingerprint density at radius 1 is 1.24 bits per heavy atom. The molecule has 0 spiro atoms. The van der Waals surface area contributed by atoms with Crippen LogP contribution in [-0.2, 0) is 11.2 Å². The van der Waals surface area contributed by atoms with Crippen LogP contribution in [0.25, 0.3) is 0 Å². The molecule has 1 amide bonds. The summed E-state index contributed by atoms with van der Waals surface area (Å²) in [5.41, 5.74) is 2.95. The highest BCUT2D eigenvalue weighted by atomic mass is 16.5. The zero-order valence-corrected chi connectivity index (χ0v) is 15.2. The van der Waals surface area contributed by atoms with Crippen molar-refractivity contribution in [3.63, 3.8) is 0 Å². The molecule has 0 aromatic heterocycles. The van der Waals surface area contributed by atoms with E-state index in [1.807, 2.05) is 6.07 Å². The lowest BCUT2D eigenvalue weighted by atomic mass is 9.75. The number of amides is 1. The van der Waals surface area contributed by atoms with Gasteiger partial charge in [-0.15, -0.1) is 0 Å². The summed E-state index contributed by atoms with van der Waals surface area (Å²) >= 11 is 0. The van der Waals surface area contributed by atoms with Crippen LogP contribution in [0.5, 0.6) is 11.5 Å². The smallest absolute Gasteiger partial charge is 0.246 e. The summed E-state index contributed by atoms with van der Waals surface area (Å²) in [6.07, 6.45) is 6.72. The summed E-state index contributed by atoms with van der Waals surface area (Å²) in [6, 6.07) is 4.02. The quantitative estimate of drug-likeness (QED) is 0.777. The average Bonchev–Trinajstić information content (AvgIpc) is 2.92. The van der Waals surface area contributed by atoms with Gasteiger partial charge in [0, 0.05) is 30.5 Å². The van der Waals surface area contributed by atoms with E-state index in [0.717, 1.165) is 47.6 Å². The topological polar surface area (TPSA) is 51.1 Å². The maximum atomic E-state index is 12.5. The van der Waals surface area contributed by atoms with E-state index in [1.54, 1.807) is 14.2 Å². The first kappa shape index (κ1) is 16.2. The van der Waals surface area contributed by atoms with Crippen LogP contribution in [0, 0.1) is 11.8 Å². The fourth-order valence-electron chi connectivity index (χ4n) is 4.20. The second-order valence-electron chi connectivity index (χ2n) is 7.66. The summed E-state index contributed by atoms with van der Waals surface area (Å²) in [6.45, 7) is 4.17. The molecule has 1 aliphatic carbocycles. The van der Waals surface area contributed by atoms with Gasteiger partial charge in [-0.3, -0.25) is 4.79 Å². The zero-order chi connectivity index (χ0) is 17.8. The van der Waals surface area contributed by atoms with Gasteiger partial charge in [-0.05, 0) is 38.8 Å². The number of ether oxygens (including phenoxy) is 2. The van der Waals surface area contributed by atoms with Gasteiger partial charge in [0.05, 0.1) is 18.7 Å². The maximum Gasteiger partial charge on any atom is 0.246 e. The van der Waals surface area contributed by atoms with Gasteiger partial charge in [-0.1, -0.05) is 12.2 Å². The molecule has 2 atom stereocenters. The fraction of sp³-hybridized carbons (Fsp3) is 0.500. The lowest BCUT2D eigenvalue weighted by Crippen LogP contribution is -2.44. The lowest BCUT2D eigenvalue weighted by Gasteiger charge is -2.35. The molecule has 4 rings (SSSR count). The summed E-state index contributed by atoms with van der Waals surface area (Å²) < 4.78 is 11.7. The molecule has 132 valence electrons. The number of fused-ring (bicyclic) bond motifs is 2. The van der Waals surface area contributed by atoms with Crippen molar-refractivity contribution in [2.24, 2.45) is 16.9 Å². The number of carbonyl (C=O) groups is 1. The Balaban J connectivity index is 1.85. The zero-order valence-electron chi connectivity index (χ0n) is 15.2. The Morgan fingerprint density at radius 3 is 2.68 bits per heavy atom. The number of hydrazone groups is 1. The van der Waals surface area contributed by atoms with Crippen LogP contribution in [0.2, 0.25) is 0 Å². The molecule has 5 nitrogen and oxygen atoms in total. The van der Waals surface area contributed by atoms with Gasteiger partial charge in [-0.2, -0.15) is 5.10 Å². The van der Waals surface area contributed by atoms with Gasteiger partial charge < -0.3 is 9.47 Å². The fourth-order valence-corrected chi connectivity index (χ4v) is 4.20. The first-order chi connectivity index (χ1) is 11.9. The van der Waals surface area contributed by atoms with Crippen molar-refractivity contribution in [3.05, 3.63) is 35.4 Å². The minimum Gasteiger partial charge on any atom is -0.493 e. The molecule has 2 heterocycles. The molecule has 2 aliphatic heterocycles. The molecule has 1 aromatic carbocycles. The summed E-state index contributed by atoms with van der Waals surface area (Å²) in [5.74, 6) is 1.80. The molecule has 0 fully saturated rings. The van der Waals surface area contributed by atoms with Gasteiger partial charge in [0.1, 0.15) is 5.60 Å². The number of hydrogen-bond acceptors (Lipinski definition) is 4. The van der Waals surface area contributed by atoms with Gasteiger partial charge >= 0.3 is 0 Å². The van der Waals surface area contributed by atoms with E-state index in [0.29, 0.717) is 0 Å². The van der Waals surface area contributed by atoms with Crippen LogP contribution >= 0.6 is 0 Å². The van der Waals surface area contributed by atoms with Crippen molar-refractivity contribution in [3.8, 4) is 11.5 Å². The van der Waals surface area contributed by atoms with E-state index in [1.165, 1.54) is 5.01 Å². The highest BCUT2D eigenvalue weighted by Crippen LogP contribution is 2.45. The normalized spacial score (nSPS) is 26.6. The molecule has 0 N–H and O–H groups in total. The van der Waals surface area contributed by atoms with Gasteiger partial charge in [-0.25, -0.2) is 5.01 Å². The third-order valence-electron chi connectivity index (χ3n) is 5.38. The molecule has 0 radical (unpaired) electrons. The van der Waals surface area contributed by atoms with E-state index < -0.39 is 0 Å². The van der Waals surface area contributed by atoms with Crippen molar-refractivity contribution in [2.75, 3.05) is 14.2 Å². The van der Waals surface area contributed by atoms with Crippen molar-refractivity contribution >= 4 is 11.6 Å². The van der Waals surface area contributed by atoms with Crippen LogP contribution < -0.4 is 9.47 Å². The largest absolute Gasteiger partial charge is 0.493 e. The van der Waals surface area contributed by atoms with Crippen molar-refractivity contribution < 1.29 is 14.3 Å². The molecule has 0 bridgehead atoms. The van der Waals surface area contributed by atoms with Crippen LogP contribution in [0.15, 0.2) is 29.4 Å². The monoisotopic (exact) mass is 340 g/mol. The lowest BCUT2D eigenvalue weighted by molar-refractivity contribution is -0.136. The second kappa shape index (κ2) is 5.61. The molecule has 25 heavy (non-hydrogen) atoms. The van der Waals surface area contributed by atoms with Crippen LogP contribution in [0.3, 0.4) is 0 Å². The van der Waals surface area contributed by atoms with E-state index in [9.17, 15) is 4.79 Å². The van der Waals surface area contributed by atoms with E-state index in [4.69, 9.17) is 9.47 Å². The minimum atomic E-state index is -0.269. The Bertz CT molecular complexity index is 794. The average molecular weight is 340 g/mol. The van der Waals surface area contributed by atoms with Crippen molar-refractivity contribution in [2.45, 2.75) is 38.7 Å². The highest BCUT2D eigenvalue weighted by Gasteiger charge is 2.42. The molecular weight excluding hydrogens is 316 g/mol. The van der Waals surface area contributed by atoms with E-state index in [-0.39, 0.29) is 23.3 Å². The SMILES string of the molecule is COc1ccc(C2=NN(C)C(=O)C3CC=CCC23)c2c1OC(C)(C)C2.